The average molecular weight is 444 g/mol. The van der Waals surface area contributed by atoms with E-state index < -0.39 is 5.60 Å². The Labute approximate surface area is 191 Å². The summed E-state index contributed by atoms with van der Waals surface area (Å²) in [7, 11) is 1.71. The second kappa shape index (κ2) is 9.57. The van der Waals surface area contributed by atoms with Gasteiger partial charge in [0.25, 0.3) is 0 Å². The minimum atomic E-state index is -0.474. The number of guanidine groups is 1. The first-order valence-corrected chi connectivity index (χ1v) is 11.7. The van der Waals surface area contributed by atoms with Crippen LogP contribution >= 0.6 is 0 Å². The summed E-state index contributed by atoms with van der Waals surface area (Å²) in [5.41, 5.74) is 0.793. The molecule has 176 valence electrons. The van der Waals surface area contributed by atoms with Crippen LogP contribution in [0.15, 0.2) is 29.3 Å². The molecule has 2 fully saturated rings. The summed E-state index contributed by atoms with van der Waals surface area (Å²) in [6.07, 6.45) is 2.26. The smallest absolute Gasteiger partial charge is 0.410 e. The van der Waals surface area contributed by atoms with Crippen LogP contribution in [0.25, 0.3) is 0 Å². The molecule has 1 aromatic rings. The van der Waals surface area contributed by atoms with E-state index in [0.717, 1.165) is 37.9 Å². The van der Waals surface area contributed by atoms with Crippen LogP contribution in [0.2, 0.25) is 0 Å². The van der Waals surface area contributed by atoms with Gasteiger partial charge in [-0.25, -0.2) is 4.79 Å². The van der Waals surface area contributed by atoms with Gasteiger partial charge in [0.2, 0.25) is 0 Å². The number of rotatable bonds is 5. The fourth-order valence-corrected chi connectivity index (χ4v) is 4.77. The molecule has 2 atom stereocenters. The number of carbonyl (C=O) groups is 1. The van der Waals surface area contributed by atoms with Crippen molar-refractivity contribution in [3.63, 3.8) is 0 Å². The molecular weight excluding hydrogens is 406 g/mol. The van der Waals surface area contributed by atoms with Crippen LogP contribution in [0.4, 0.5) is 4.79 Å². The van der Waals surface area contributed by atoms with Crippen LogP contribution in [0.3, 0.4) is 0 Å². The van der Waals surface area contributed by atoms with E-state index in [1.165, 1.54) is 18.4 Å². The van der Waals surface area contributed by atoms with E-state index in [9.17, 15) is 4.79 Å². The Bertz CT molecular complexity index is 831. The van der Waals surface area contributed by atoms with E-state index in [-0.39, 0.29) is 18.2 Å². The van der Waals surface area contributed by atoms with Crippen LogP contribution in [0.1, 0.15) is 45.2 Å². The van der Waals surface area contributed by atoms with Crippen molar-refractivity contribution in [2.45, 2.75) is 51.3 Å². The minimum Gasteiger partial charge on any atom is -0.497 e. The zero-order valence-electron chi connectivity index (χ0n) is 19.8. The number of fused-ring (bicyclic) bond motifs is 1. The fourth-order valence-electron chi connectivity index (χ4n) is 4.77. The Morgan fingerprint density at radius 1 is 1.22 bits per heavy atom. The Balaban J connectivity index is 1.37. The molecule has 8 nitrogen and oxygen atoms in total. The highest BCUT2D eigenvalue weighted by Crippen LogP contribution is 2.27. The lowest BCUT2D eigenvalue weighted by Gasteiger charge is -2.39. The van der Waals surface area contributed by atoms with Crippen molar-refractivity contribution in [3.8, 4) is 5.75 Å². The van der Waals surface area contributed by atoms with Gasteiger partial charge in [-0.1, -0.05) is 12.1 Å². The molecule has 0 radical (unpaired) electrons. The van der Waals surface area contributed by atoms with Crippen molar-refractivity contribution in [2.75, 3.05) is 52.9 Å². The van der Waals surface area contributed by atoms with Gasteiger partial charge in [-0.3, -0.25) is 9.89 Å². The number of benzene rings is 1. The number of nitrogens with zero attached hydrogens (tertiary/aromatic N) is 4. The number of amides is 1. The zero-order valence-corrected chi connectivity index (χ0v) is 19.8. The van der Waals surface area contributed by atoms with Gasteiger partial charge in [-0.05, 0) is 64.4 Å². The van der Waals surface area contributed by atoms with E-state index in [0.29, 0.717) is 19.6 Å². The predicted octanol–water partition coefficient (Wildman–Crippen LogP) is 2.71. The van der Waals surface area contributed by atoms with E-state index in [1.54, 1.807) is 7.11 Å². The summed E-state index contributed by atoms with van der Waals surface area (Å²) < 4.78 is 11.0. The quantitative estimate of drug-likeness (QED) is 0.755. The van der Waals surface area contributed by atoms with Crippen molar-refractivity contribution in [2.24, 2.45) is 4.99 Å². The van der Waals surface area contributed by atoms with Crippen molar-refractivity contribution in [1.82, 2.24) is 20.0 Å². The molecule has 0 aliphatic carbocycles. The van der Waals surface area contributed by atoms with Crippen molar-refractivity contribution < 1.29 is 14.3 Å². The number of ether oxygens (including phenoxy) is 2. The fraction of sp³-hybridized carbons (Fsp3) is 0.667. The molecule has 1 amide bonds. The number of methoxy groups -OCH3 is 1. The van der Waals surface area contributed by atoms with E-state index >= 15 is 0 Å². The largest absolute Gasteiger partial charge is 0.497 e. The van der Waals surface area contributed by atoms with E-state index in [2.05, 4.69) is 33.3 Å². The highest BCUT2D eigenvalue weighted by Gasteiger charge is 2.37. The molecule has 2 saturated heterocycles. The predicted molar refractivity (Wildman–Crippen MR) is 125 cm³/mol. The number of carbonyl (C=O) groups excluding carboxylic acids is 1. The maximum atomic E-state index is 12.5. The van der Waals surface area contributed by atoms with Gasteiger partial charge >= 0.3 is 6.09 Å². The number of hydrogen-bond donors (Lipinski definition) is 1. The van der Waals surface area contributed by atoms with Gasteiger partial charge in [0.15, 0.2) is 5.96 Å². The summed E-state index contributed by atoms with van der Waals surface area (Å²) in [4.78, 5) is 23.9. The summed E-state index contributed by atoms with van der Waals surface area (Å²) in [6.45, 7) is 11.5. The Morgan fingerprint density at radius 3 is 2.72 bits per heavy atom. The van der Waals surface area contributed by atoms with Crippen molar-refractivity contribution in [3.05, 3.63) is 29.8 Å². The van der Waals surface area contributed by atoms with Gasteiger partial charge in [0.1, 0.15) is 11.4 Å². The zero-order chi connectivity index (χ0) is 22.7. The third kappa shape index (κ3) is 5.28. The summed E-state index contributed by atoms with van der Waals surface area (Å²) in [6, 6.07) is 8.87. The Hall–Kier alpha value is -2.48. The lowest BCUT2D eigenvalue weighted by molar-refractivity contribution is 0.0137. The van der Waals surface area contributed by atoms with Crippen LogP contribution in [-0.4, -0.2) is 91.3 Å². The first-order chi connectivity index (χ1) is 15.3. The third-order valence-electron chi connectivity index (χ3n) is 6.37. The summed E-state index contributed by atoms with van der Waals surface area (Å²) in [5.74, 6) is 1.84. The summed E-state index contributed by atoms with van der Waals surface area (Å²) in [5, 5.41) is 3.63. The molecule has 3 heterocycles. The molecule has 1 N–H and O–H groups in total. The molecule has 4 rings (SSSR count). The molecule has 1 aromatic carbocycles. The maximum absolute atomic E-state index is 12.5. The van der Waals surface area contributed by atoms with Crippen LogP contribution < -0.4 is 10.1 Å². The van der Waals surface area contributed by atoms with Gasteiger partial charge in [-0.15, -0.1) is 0 Å². The number of likely N-dealkylation sites (tertiary alicyclic amines) is 1. The molecule has 8 heteroatoms. The van der Waals surface area contributed by atoms with E-state index in [4.69, 9.17) is 14.5 Å². The maximum Gasteiger partial charge on any atom is 0.410 e. The van der Waals surface area contributed by atoms with Gasteiger partial charge in [-0.2, -0.15) is 0 Å². The van der Waals surface area contributed by atoms with Crippen LogP contribution in [0.5, 0.6) is 5.75 Å². The normalized spacial score (nSPS) is 22.4. The topological polar surface area (TPSA) is 69.6 Å². The molecule has 0 spiro atoms. The number of piperazine rings is 1. The monoisotopic (exact) mass is 443 g/mol. The van der Waals surface area contributed by atoms with Crippen LogP contribution in [-0.2, 0) is 4.74 Å². The number of hydrogen-bond acceptors (Lipinski definition) is 7. The molecule has 0 bridgehead atoms. The molecular formula is C24H37N5O3. The minimum absolute atomic E-state index is 0.209. The lowest BCUT2D eigenvalue weighted by atomic mass is 10.0. The van der Waals surface area contributed by atoms with Crippen molar-refractivity contribution >= 4 is 12.1 Å². The van der Waals surface area contributed by atoms with Gasteiger partial charge in [0.05, 0.1) is 25.7 Å². The average Bonchev–Trinajstić information content (AvgIpc) is 3.43. The highest BCUT2D eigenvalue weighted by molar-refractivity contribution is 5.82. The number of nitrogens with one attached hydrogen (secondary N) is 1. The molecule has 3 aliphatic heterocycles. The van der Waals surface area contributed by atoms with Gasteiger partial charge < -0.3 is 24.6 Å². The molecule has 32 heavy (non-hydrogen) atoms. The third-order valence-corrected chi connectivity index (χ3v) is 6.37. The molecule has 2 unspecified atom stereocenters. The standard InChI is InChI=1S/C24H37N5O3/c1-24(2,3)32-23(30)28-12-13-29-19(17-28)15-25-22(29)26-16-21(27-10-5-6-11-27)18-8-7-9-20(14-18)31-4/h7-9,14,19,21H,5-6,10-13,15-17H2,1-4H3,(H,25,26). The molecule has 0 aromatic heterocycles. The second-order valence-corrected chi connectivity index (χ2v) is 9.85. The molecule has 3 aliphatic rings. The van der Waals surface area contributed by atoms with E-state index in [1.807, 2.05) is 31.7 Å². The molecule has 0 saturated carbocycles. The second-order valence-electron chi connectivity index (χ2n) is 9.85. The highest BCUT2D eigenvalue weighted by atomic mass is 16.6. The first-order valence-electron chi connectivity index (χ1n) is 11.7. The lowest BCUT2D eigenvalue weighted by Crippen LogP contribution is -2.58. The van der Waals surface area contributed by atoms with Crippen molar-refractivity contribution in [1.29, 1.82) is 0 Å². The van der Waals surface area contributed by atoms with Gasteiger partial charge in [0, 0.05) is 26.2 Å². The first kappa shape index (κ1) is 22.7. The van der Waals surface area contributed by atoms with Crippen LogP contribution in [0, 0.1) is 0 Å². The number of aliphatic imine (C=N–C) groups is 1. The SMILES string of the molecule is COc1cccc(C(CNC2=NCC3CN(C(=O)OC(C)(C)C)CCN23)N2CCCC2)c1. The Kier molecular flexibility index (Phi) is 6.79. The Morgan fingerprint density at radius 2 is 2.00 bits per heavy atom. The summed E-state index contributed by atoms with van der Waals surface area (Å²) >= 11 is 0.